The van der Waals surface area contributed by atoms with Crippen molar-refractivity contribution in [2.45, 2.75) is 65.3 Å². The molecule has 2 N–H and O–H groups in total. The maximum atomic E-state index is 12.9. The van der Waals surface area contributed by atoms with Crippen LogP contribution in [0.4, 0.5) is 5.69 Å². The second kappa shape index (κ2) is 9.08. The van der Waals surface area contributed by atoms with Crippen molar-refractivity contribution in [1.82, 2.24) is 4.90 Å². The van der Waals surface area contributed by atoms with Gasteiger partial charge in [-0.3, -0.25) is 9.59 Å². The number of hydrogen-bond donors (Lipinski definition) is 2. The Kier molecular flexibility index (Phi) is 6.76. The van der Waals surface area contributed by atoms with Gasteiger partial charge >= 0.3 is 0 Å². The number of carbonyl (C=O) groups excluding carboxylic acids is 2. The molecular formula is C23H36N3O2+. The Morgan fingerprint density at radius 2 is 1.68 bits per heavy atom. The lowest BCUT2D eigenvalue weighted by atomic mass is 9.78. The fourth-order valence-electron chi connectivity index (χ4n) is 5.19. The van der Waals surface area contributed by atoms with E-state index in [1.165, 1.54) is 31.2 Å². The fourth-order valence-corrected chi connectivity index (χ4v) is 5.19. The molecule has 2 amide bonds. The van der Waals surface area contributed by atoms with E-state index >= 15 is 0 Å². The molecule has 1 heterocycles. The van der Waals surface area contributed by atoms with E-state index in [1.807, 2.05) is 20.9 Å². The minimum atomic E-state index is -0.0328. The van der Waals surface area contributed by atoms with E-state index in [2.05, 4.69) is 29.3 Å². The van der Waals surface area contributed by atoms with Gasteiger partial charge in [-0.15, -0.1) is 0 Å². The van der Waals surface area contributed by atoms with E-state index in [9.17, 15) is 9.59 Å². The van der Waals surface area contributed by atoms with Crippen molar-refractivity contribution in [2.24, 2.45) is 5.92 Å². The number of aryl methyl sites for hydroxylation is 3. The summed E-state index contributed by atoms with van der Waals surface area (Å²) in [5, 5.41) is 3.05. The second-order valence-electron chi connectivity index (χ2n) is 8.97. The average molecular weight is 387 g/mol. The normalized spacial score (nSPS) is 23.1. The van der Waals surface area contributed by atoms with E-state index in [1.54, 1.807) is 0 Å². The molecule has 3 rings (SSSR count). The van der Waals surface area contributed by atoms with Crippen LogP contribution in [0, 0.1) is 26.7 Å². The first kappa shape index (κ1) is 20.8. The minimum Gasteiger partial charge on any atom is -0.335 e. The number of nitrogens with zero attached hydrogens (tertiary/aromatic N) is 1. The number of amides is 2. The van der Waals surface area contributed by atoms with E-state index in [4.69, 9.17) is 0 Å². The third-order valence-electron chi connectivity index (χ3n) is 6.42. The predicted molar refractivity (Wildman–Crippen MR) is 113 cm³/mol. The summed E-state index contributed by atoms with van der Waals surface area (Å²) in [7, 11) is 1.94. The third kappa shape index (κ3) is 4.93. The van der Waals surface area contributed by atoms with Crippen molar-refractivity contribution in [1.29, 1.82) is 0 Å². The molecule has 2 aliphatic rings. The number of anilines is 1. The van der Waals surface area contributed by atoms with Crippen LogP contribution in [0.25, 0.3) is 0 Å². The number of carbonyl (C=O) groups is 2. The number of likely N-dealkylation sites (tertiary alicyclic amines) is 1. The van der Waals surface area contributed by atoms with Crippen molar-refractivity contribution in [3.05, 3.63) is 28.8 Å². The number of piperidine rings is 1. The van der Waals surface area contributed by atoms with Gasteiger partial charge in [-0.25, -0.2) is 0 Å². The molecule has 2 fully saturated rings. The van der Waals surface area contributed by atoms with Crippen LogP contribution in [0.5, 0.6) is 0 Å². The van der Waals surface area contributed by atoms with Crippen LogP contribution in [0.3, 0.4) is 0 Å². The monoisotopic (exact) mass is 386 g/mol. The summed E-state index contributed by atoms with van der Waals surface area (Å²) in [4.78, 5) is 28.5. The molecule has 1 aromatic rings. The zero-order valence-corrected chi connectivity index (χ0v) is 17.9. The number of likely N-dealkylation sites (N-methyl/N-ethyl adjacent to an activating group) is 1. The topological polar surface area (TPSA) is 53.9 Å². The van der Waals surface area contributed by atoms with Gasteiger partial charge in [-0.2, -0.15) is 0 Å². The van der Waals surface area contributed by atoms with Crippen molar-refractivity contribution in [3.63, 3.8) is 0 Å². The standard InChI is InChI=1S/C23H35N3O2/c1-16-12-17(2)23(18(3)13-16)24-21(27)14-25(4)15-22(28)26-11-7-9-19-8-5-6-10-20(19)26/h12-13,19-20H,5-11,14-15H2,1-4H3,(H,24,27)/p+1/t19-,20-/m0/s1. The number of benzene rings is 1. The summed E-state index contributed by atoms with van der Waals surface area (Å²) < 4.78 is 0. The number of nitrogens with one attached hydrogen (secondary N) is 2. The molecule has 1 saturated carbocycles. The first-order valence-corrected chi connectivity index (χ1v) is 10.8. The Bertz CT molecular complexity index is 706. The van der Waals surface area contributed by atoms with Crippen LogP contribution in [0.2, 0.25) is 0 Å². The summed E-state index contributed by atoms with van der Waals surface area (Å²) in [5.41, 5.74) is 4.26. The van der Waals surface area contributed by atoms with E-state index in [0.29, 0.717) is 25.0 Å². The van der Waals surface area contributed by atoms with Crippen LogP contribution in [0.1, 0.15) is 55.2 Å². The molecule has 3 atom stereocenters. The maximum absolute atomic E-state index is 12.9. The highest BCUT2D eigenvalue weighted by Gasteiger charge is 2.36. The van der Waals surface area contributed by atoms with Gasteiger partial charge in [-0.05, 0) is 63.5 Å². The van der Waals surface area contributed by atoms with E-state index < -0.39 is 0 Å². The summed E-state index contributed by atoms with van der Waals surface area (Å²) in [5.74, 6) is 0.877. The van der Waals surface area contributed by atoms with Crippen molar-refractivity contribution in [2.75, 3.05) is 32.0 Å². The molecule has 0 bridgehead atoms. The number of fused-ring (bicyclic) bond motifs is 1. The van der Waals surface area contributed by atoms with Crippen LogP contribution >= 0.6 is 0 Å². The third-order valence-corrected chi connectivity index (χ3v) is 6.42. The molecule has 1 aliphatic carbocycles. The quantitative estimate of drug-likeness (QED) is 0.816. The Morgan fingerprint density at radius 3 is 2.39 bits per heavy atom. The van der Waals surface area contributed by atoms with Gasteiger partial charge in [0.25, 0.3) is 11.8 Å². The molecule has 1 unspecified atom stereocenters. The highest BCUT2D eigenvalue weighted by atomic mass is 16.2. The zero-order valence-electron chi connectivity index (χ0n) is 17.9. The van der Waals surface area contributed by atoms with Gasteiger partial charge < -0.3 is 15.1 Å². The number of quaternary nitrogens is 1. The molecule has 0 aromatic heterocycles. The molecule has 1 aromatic carbocycles. The van der Waals surface area contributed by atoms with Gasteiger partial charge in [0.1, 0.15) is 0 Å². The molecule has 28 heavy (non-hydrogen) atoms. The summed E-state index contributed by atoms with van der Waals surface area (Å²) in [6.07, 6.45) is 7.38. The molecule has 0 spiro atoms. The van der Waals surface area contributed by atoms with Crippen LogP contribution in [-0.4, -0.2) is 49.4 Å². The number of hydrogen-bond acceptors (Lipinski definition) is 2. The number of rotatable bonds is 5. The van der Waals surface area contributed by atoms with Gasteiger partial charge in [0, 0.05) is 18.3 Å². The average Bonchev–Trinajstić information content (AvgIpc) is 2.64. The lowest BCUT2D eigenvalue weighted by Gasteiger charge is -2.44. The first-order valence-electron chi connectivity index (χ1n) is 10.8. The molecule has 154 valence electrons. The van der Waals surface area contributed by atoms with Gasteiger partial charge in [0.2, 0.25) is 0 Å². The Morgan fingerprint density at radius 1 is 1.04 bits per heavy atom. The van der Waals surface area contributed by atoms with Gasteiger partial charge in [-0.1, -0.05) is 30.5 Å². The molecule has 5 heteroatoms. The molecule has 1 saturated heterocycles. The van der Waals surface area contributed by atoms with Crippen molar-refractivity contribution in [3.8, 4) is 0 Å². The van der Waals surface area contributed by atoms with Crippen molar-refractivity contribution < 1.29 is 14.5 Å². The minimum absolute atomic E-state index is 0.0328. The first-order chi connectivity index (χ1) is 13.3. The Balaban J connectivity index is 1.54. The highest BCUT2D eigenvalue weighted by Crippen LogP contribution is 2.35. The van der Waals surface area contributed by atoms with Crippen molar-refractivity contribution >= 4 is 17.5 Å². The van der Waals surface area contributed by atoms with E-state index in [-0.39, 0.29) is 11.8 Å². The molecule has 1 aliphatic heterocycles. The SMILES string of the molecule is Cc1cc(C)c(NC(=O)C[NH+](C)CC(=O)N2CCC[C@@H]3CCCC[C@@H]32)c(C)c1. The lowest BCUT2D eigenvalue weighted by Crippen LogP contribution is -3.11. The van der Waals surface area contributed by atoms with Crippen LogP contribution in [0.15, 0.2) is 12.1 Å². The smallest absolute Gasteiger partial charge is 0.279 e. The van der Waals surface area contributed by atoms with Gasteiger partial charge in [0.15, 0.2) is 13.1 Å². The van der Waals surface area contributed by atoms with E-state index in [0.717, 1.165) is 41.1 Å². The lowest BCUT2D eigenvalue weighted by molar-refractivity contribution is -0.862. The maximum Gasteiger partial charge on any atom is 0.279 e. The largest absolute Gasteiger partial charge is 0.335 e. The summed E-state index contributed by atoms with van der Waals surface area (Å²) >= 11 is 0. The highest BCUT2D eigenvalue weighted by molar-refractivity contribution is 5.93. The molecular weight excluding hydrogens is 350 g/mol. The summed E-state index contributed by atoms with van der Waals surface area (Å²) in [6, 6.07) is 4.61. The molecule has 5 nitrogen and oxygen atoms in total. The van der Waals surface area contributed by atoms with Gasteiger partial charge in [0.05, 0.1) is 7.05 Å². The predicted octanol–water partition coefficient (Wildman–Crippen LogP) is 2.25. The van der Waals surface area contributed by atoms with Crippen LogP contribution in [-0.2, 0) is 9.59 Å². The zero-order chi connectivity index (χ0) is 20.3. The Hall–Kier alpha value is -1.88. The van der Waals surface area contributed by atoms with Crippen LogP contribution < -0.4 is 10.2 Å². The molecule has 0 radical (unpaired) electrons. The fraction of sp³-hybridized carbons (Fsp3) is 0.652. The second-order valence-corrected chi connectivity index (χ2v) is 8.97. The summed E-state index contributed by atoms with van der Waals surface area (Å²) in [6.45, 7) is 7.69. The Labute approximate surface area is 169 Å².